The highest BCUT2D eigenvalue weighted by molar-refractivity contribution is 9.10. The fraction of sp³-hybridized carbons (Fsp3) is 0.222. The highest BCUT2D eigenvalue weighted by atomic mass is 79.9. The van der Waals surface area contributed by atoms with Gasteiger partial charge in [0.2, 0.25) is 0 Å². The molecule has 1 aromatic rings. The van der Waals surface area contributed by atoms with Crippen LogP contribution in [0.1, 0.15) is 12.5 Å². The van der Waals surface area contributed by atoms with Crippen molar-refractivity contribution in [3.05, 3.63) is 34.1 Å². The molecule has 0 unspecified atom stereocenters. The van der Waals surface area contributed by atoms with Crippen LogP contribution in [0.3, 0.4) is 0 Å². The van der Waals surface area contributed by atoms with Crippen LogP contribution in [0, 0.1) is 5.82 Å². The summed E-state index contributed by atoms with van der Waals surface area (Å²) in [5.41, 5.74) is 4.40. The van der Waals surface area contributed by atoms with E-state index in [4.69, 9.17) is 10.8 Å². The minimum Gasteiger partial charge on any atom is -0.480 e. The summed E-state index contributed by atoms with van der Waals surface area (Å²) in [5.74, 6) is -1.61. The van der Waals surface area contributed by atoms with E-state index in [1.165, 1.54) is 25.1 Å². The van der Waals surface area contributed by atoms with E-state index in [0.29, 0.717) is 5.56 Å². The molecule has 0 heterocycles. The number of hydrogen-bond donors (Lipinski definition) is 2. The van der Waals surface area contributed by atoms with Gasteiger partial charge in [0.15, 0.2) is 0 Å². The molecule has 14 heavy (non-hydrogen) atoms. The Morgan fingerprint density at radius 2 is 2.21 bits per heavy atom. The number of benzene rings is 1. The minimum atomic E-state index is -1.50. The number of nitrogens with two attached hydrogens (primary N) is 1. The molecule has 1 aromatic carbocycles. The highest BCUT2D eigenvalue weighted by Crippen LogP contribution is 2.23. The third kappa shape index (κ3) is 1.93. The maximum absolute atomic E-state index is 12.9. The van der Waals surface area contributed by atoms with Crippen LogP contribution in [0.25, 0.3) is 0 Å². The Morgan fingerprint density at radius 1 is 1.64 bits per heavy atom. The largest absolute Gasteiger partial charge is 0.480 e. The third-order valence-corrected chi connectivity index (χ3v) is 2.57. The summed E-state index contributed by atoms with van der Waals surface area (Å²) in [4.78, 5) is 10.8. The first-order valence-electron chi connectivity index (χ1n) is 3.83. The van der Waals surface area contributed by atoms with E-state index in [1.54, 1.807) is 0 Å². The lowest BCUT2D eigenvalue weighted by Gasteiger charge is -2.19. The molecule has 76 valence electrons. The Bertz CT molecular complexity index is 379. The molecule has 0 amide bonds. The van der Waals surface area contributed by atoms with E-state index in [1.807, 2.05) is 0 Å². The van der Waals surface area contributed by atoms with Gasteiger partial charge in [-0.3, -0.25) is 0 Å². The molecule has 0 spiro atoms. The lowest BCUT2D eigenvalue weighted by molar-refractivity contribution is -0.143. The second-order valence-corrected chi connectivity index (χ2v) is 3.99. The van der Waals surface area contributed by atoms with E-state index in [9.17, 15) is 9.18 Å². The molecule has 0 aromatic heterocycles. The maximum atomic E-state index is 12.9. The van der Waals surface area contributed by atoms with Crippen LogP contribution in [0.4, 0.5) is 4.39 Å². The van der Waals surface area contributed by atoms with Crippen molar-refractivity contribution in [3.8, 4) is 0 Å². The Hall–Kier alpha value is -0.940. The number of carboxylic acid groups (broad SMARTS) is 1. The van der Waals surface area contributed by atoms with Gasteiger partial charge < -0.3 is 10.8 Å². The fourth-order valence-electron chi connectivity index (χ4n) is 0.943. The van der Waals surface area contributed by atoms with Gasteiger partial charge in [0.25, 0.3) is 0 Å². The Labute approximate surface area is 88.9 Å². The maximum Gasteiger partial charge on any atom is 0.328 e. The smallest absolute Gasteiger partial charge is 0.328 e. The molecular formula is C9H9BrFNO2. The summed E-state index contributed by atoms with van der Waals surface area (Å²) in [6.07, 6.45) is 0. The van der Waals surface area contributed by atoms with E-state index < -0.39 is 17.3 Å². The SMILES string of the molecule is C[C@@](N)(C(=O)O)c1ccc(F)c(Br)c1. The average Bonchev–Trinajstić information content (AvgIpc) is 2.09. The lowest BCUT2D eigenvalue weighted by Crippen LogP contribution is -2.41. The molecule has 0 saturated heterocycles. The molecule has 0 aliphatic carbocycles. The lowest BCUT2D eigenvalue weighted by atomic mass is 9.93. The monoisotopic (exact) mass is 261 g/mol. The molecule has 0 saturated carbocycles. The summed E-state index contributed by atoms with van der Waals surface area (Å²) in [6.45, 7) is 1.36. The standard InChI is InChI=1S/C9H9BrFNO2/c1-9(12,8(13)14)5-2-3-7(11)6(10)4-5/h2-4H,12H2,1H3,(H,13,14)/t9-/m0/s1. The van der Waals surface area contributed by atoms with Gasteiger partial charge in [-0.25, -0.2) is 9.18 Å². The molecule has 1 atom stereocenters. The summed E-state index contributed by atoms with van der Waals surface area (Å²) >= 11 is 2.96. The Kier molecular flexibility index (Phi) is 2.92. The van der Waals surface area contributed by atoms with Crippen molar-refractivity contribution >= 4 is 21.9 Å². The van der Waals surface area contributed by atoms with Gasteiger partial charge >= 0.3 is 5.97 Å². The summed E-state index contributed by atoms with van der Waals surface area (Å²) in [5, 5.41) is 8.82. The molecular weight excluding hydrogens is 253 g/mol. The molecule has 0 aliphatic rings. The molecule has 0 aliphatic heterocycles. The topological polar surface area (TPSA) is 63.3 Å². The van der Waals surface area contributed by atoms with Crippen molar-refractivity contribution in [2.75, 3.05) is 0 Å². The average molecular weight is 262 g/mol. The zero-order chi connectivity index (χ0) is 10.9. The van der Waals surface area contributed by atoms with E-state index >= 15 is 0 Å². The van der Waals surface area contributed by atoms with Crippen molar-refractivity contribution in [1.82, 2.24) is 0 Å². The second kappa shape index (κ2) is 3.67. The number of rotatable bonds is 2. The third-order valence-electron chi connectivity index (χ3n) is 1.96. The first-order chi connectivity index (χ1) is 6.35. The van der Waals surface area contributed by atoms with Crippen LogP contribution in [0.2, 0.25) is 0 Å². The highest BCUT2D eigenvalue weighted by Gasteiger charge is 2.30. The van der Waals surface area contributed by atoms with Gasteiger partial charge in [-0.15, -0.1) is 0 Å². The normalized spacial score (nSPS) is 14.9. The Balaban J connectivity index is 3.21. The van der Waals surface area contributed by atoms with Crippen molar-refractivity contribution < 1.29 is 14.3 Å². The van der Waals surface area contributed by atoms with Gasteiger partial charge in [-0.05, 0) is 40.5 Å². The quantitative estimate of drug-likeness (QED) is 0.854. The van der Waals surface area contributed by atoms with Crippen LogP contribution >= 0.6 is 15.9 Å². The van der Waals surface area contributed by atoms with Crippen molar-refractivity contribution in [2.45, 2.75) is 12.5 Å². The van der Waals surface area contributed by atoms with Gasteiger partial charge in [0, 0.05) is 0 Å². The van der Waals surface area contributed by atoms with Gasteiger partial charge in [0.05, 0.1) is 4.47 Å². The van der Waals surface area contributed by atoms with Crippen molar-refractivity contribution in [3.63, 3.8) is 0 Å². The summed E-state index contributed by atoms with van der Waals surface area (Å²) < 4.78 is 13.1. The molecule has 0 bridgehead atoms. The molecule has 5 heteroatoms. The number of aliphatic carboxylic acids is 1. The van der Waals surface area contributed by atoms with E-state index in [0.717, 1.165) is 0 Å². The van der Waals surface area contributed by atoms with Gasteiger partial charge in [-0.1, -0.05) is 6.07 Å². The predicted octanol–water partition coefficient (Wildman–Crippen LogP) is 1.85. The fourth-order valence-corrected chi connectivity index (χ4v) is 1.32. The number of carbonyl (C=O) groups is 1. The van der Waals surface area contributed by atoms with Gasteiger partial charge in [0.1, 0.15) is 11.4 Å². The molecule has 0 radical (unpaired) electrons. The zero-order valence-electron chi connectivity index (χ0n) is 7.42. The van der Waals surface area contributed by atoms with Crippen LogP contribution < -0.4 is 5.73 Å². The first-order valence-corrected chi connectivity index (χ1v) is 4.63. The number of halogens is 2. The number of carboxylic acids is 1. The predicted molar refractivity (Wildman–Crippen MR) is 53.3 cm³/mol. The molecule has 0 fully saturated rings. The Morgan fingerprint density at radius 3 is 2.64 bits per heavy atom. The van der Waals surface area contributed by atoms with Crippen LogP contribution in [-0.2, 0) is 10.3 Å². The second-order valence-electron chi connectivity index (χ2n) is 3.14. The van der Waals surface area contributed by atoms with Crippen LogP contribution in [-0.4, -0.2) is 11.1 Å². The first kappa shape index (κ1) is 11.1. The van der Waals surface area contributed by atoms with Crippen molar-refractivity contribution in [1.29, 1.82) is 0 Å². The summed E-state index contributed by atoms with van der Waals surface area (Å²) in [7, 11) is 0. The number of hydrogen-bond acceptors (Lipinski definition) is 2. The van der Waals surface area contributed by atoms with E-state index in [2.05, 4.69) is 15.9 Å². The summed E-state index contributed by atoms with van der Waals surface area (Å²) in [6, 6.07) is 3.89. The van der Waals surface area contributed by atoms with Crippen LogP contribution in [0.5, 0.6) is 0 Å². The van der Waals surface area contributed by atoms with Gasteiger partial charge in [-0.2, -0.15) is 0 Å². The van der Waals surface area contributed by atoms with Crippen molar-refractivity contribution in [2.24, 2.45) is 5.73 Å². The van der Waals surface area contributed by atoms with Crippen LogP contribution in [0.15, 0.2) is 22.7 Å². The minimum absolute atomic E-state index is 0.202. The molecule has 1 rings (SSSR count). The molecule has 3 N–H and O–H groups in total. The zero-order valence-corrected chi connectivity index (χ0v) is 9.01. The van der Waals surface area contributed by atoms with E-state index in [-0.39, 0.29) is 4.47 Å². The molecule has 3 nitrogen and oxygen atoms in total.